The SMILES string of the molecule is CC(C)CCOc1ccc(NC(=O)c2cnc(C(=O)O)cn2)cc1. The summed E-state index contributed by atoms with van der Waals surface area (Å²) in [5.74, 6) is -0.341. The Bertz CT molecular complexity index is 697. The smallest absolute Gasteiger partial charge is 0.356 e. The number of hydrogen-bond donors (Lipinski definition) is 2. The lowest BCUT2D eigenvalue weighted by Crippen LogP contribution is -2.15. The van der Waals surface area contributed by atoms with Gasteiger partial charge in [-0.3, -0.25) is 4.79 Å². The van der Waals surface area contributed by atoms with Crippen molar-refractivity contribution in [3.63, 3.8) is 0 Å². The molecule has 0 atom stereocenters. The molecule has 2 aromatic rings. The Labute approximate surface area is 139 Å². The number of carboxylic acids is 1. The number of carboxylic acid groups (broad SMARTS) is 1. The predicted molar refractivity (Wildman–Crippen MR) is 88.3 cm³/mol. The van der Waals surface area contributed by atoms with E-state index >= 15 is 0 Å². The van der Waals surface area contributed by atoms with Crippen molar-refractivity contribution in [3.05, 3.63) is 48.0 Å². The lowest BCUT2D eigenvalue weighted by atomic mass is 10.1. The predicted octanol–water partition coefficient (Wildman–Crippen LogP) is 2.85. The standard InChI is InChI=1S/C17H19N3O4/c1-11(2)7-8-24-13-5-3-12(4-6-13)20-16(21)14-9-19-15(10-18-14)17(22)23/h3-6,9-11H,7-8H2,1-2H3,(H,20,21)(H,22,23). The van der Waals surface area contributed by atoms with Gasteiger partial charge in [0.25, 0.3) is 5.91 Å². The number of amides is 1. The van der Waals surface area contributed by atoms with Gasteiger partial charge >= 0.3 is 5.97 Å². The third-order valence-electron chi connectivity index (χ3n) is 3.18. The van der Waals surface area contributed by atoms with Crippen LogP contribution in [0, 0.1) is 5.92 Å². The van der Waals surface area contributed by atoms with Gasteiger partial charge in [0, 0.05) is 5.69 Å². The number of aromatic nitrogens is 2. The van der Waals surface area contributed by atoms with E-state index in [1.165, 1.54) is 0 Å². The van der Waals surface area contributed by atoms with E-state index in [-0.39, 0.29) is 11.4 Å². The first-order valence-electron chi connectivity index (χ1n) is 7.55. The number of hydrogen-bond acceptors (Lipinski definition) is 5. The first-order valence-corrected chi connectivity index (χ1v) is 7.55. The van der Waals surface area contributed by atoms with Gasteiger partial charge < -0.3 is 15.2 Å². The lowest BCUT2D eigenvalue weighted by Gasteiger charge is -2.09. The zero-order valence-electron chi connectivity index (χ0n) is 13.5. The number of aromatic carboxylic acids is 1. The molecule has 0 aliphatic rings. The number of anilines is 1. The maximum Gasteiger partial charge on any atom is 0.356 e. The van der Waals surface area contributed by atoms with Crippen molar-refractivity contribution >= 4 is 17.6 Å². The molecule has 126 valence electrons. The minimum atomic E-state index is -1.19. The van der Waals surface area contributed by atoms with Crippen molar-refractivity contribution in [2.75, 3.05) is 11.9 Å². The molecule has 0 unspecified atom stereocenters. The Hall–Kier alpha value is -2.96. The highest BCUT2D eigenvalue weighted by atomic mass is 16.5. The summed E-state index contributed by atoms with van der Waals surface area (Å²) < 4.78 is 5.61. The first-order chi connectivity index (χ1) is 11.5. The van der Waals surface area contributed by atoms with Crippen LogP contribution < -0.4 is 10.1 Å². The van der Waals surface area contributed by atoms with E-state index in [9.17, 15) is 9.59 Å². The van der Waals surface area contributed by atoms with Crippen LogP contribution >= 0.6 is 0 Å². The highest BCUT2D eigenvalue weighted by Gasteiger charge is 2.11. The quantitative estimate of drug-likeness (QED) is 0.810. The second-order valence-corrected chi connectivity index (χ2v) is 5.60. The average Bonchev–Trinajstić information content (AvgIpc) is 2.56. The summed E-state index contributed by atoms with van der Waals surface area (Å²) in [5.41, 5.74) is 0.409. The summed E-state index contributed by atoms with van der Waals surface area (Å²) in [5, 5.41) is 11.4. The number of ether oxygens (including phenoxy) is 1. The van der Waals surface area contributed by atoms with Gasteiger partial charge in [0.1, 0.15) is 11.4 Å². The first kappa shape index (κ1) is 17.4. The minimum absolute atomic E-state index is 0.0391. The van der Waals surface area contributed by atoms with E-state index in [1.807, 2.05) is 0 Å². The van der Waals surface area contributed by atoms with E-state index in [4.69, 9.17) is 9.84 Å². The molecule has 1 aromatic carbocycles. The fraction of sp³-hybridized carbons (Fsp3) is 0.294. The number of nitrogens with zero attached hydrogens (tertiary/aromatic N) is 2. The molecule has 0 radical (unpaired) electrons. The Kier molecular flexibility index (Phi) is 5.83. The number of rotatable bonds is 7. The normalized spacial score (nSPS) is 10.5. The van der Waals surface area contributed by atoms with Gasteiger partial charge in [0.2, 0.25) is 0 Å². The molecule has 7 nitrogen and oxygen atoms in total. The van der Waals surface area contributed by atoms with E-state index in [1.54, 1.807) is 24.3 Å². The van der Waals surface area contributed by atoms with Crippen LogP contribution in [0.25, 0.3) is 0 Å². The Balaban J connectivity index is 1.92. The van der Waals surface area contributed by atoms with Crippen LogP contribution in [-0.2, 0) is 0 Å². The van der Waals surface area contributed by atoms with Gasteiger partial charge in [-0.15, -0.1) is 0 Å². The van der Waals surface area contributed by atoms with Gasteiger partial charge in [0.15, 0.2) is 5.69 Å². The molecule has 1 amide bonds. The molecular formula is C17H19N3O4. The summed E-state index contributed by atoms with van der Waals surface area (Å²) in [4.78, 5) is 30.2. The molecule has 2 N–H and O–H groups in total. The average molecular weight is 329 g/mol. The summed E-state index contributed by atoms with van der Waals surface area (Å²) in [6, 6.07) is 6.99. The molecule has 0 aliphatic carbocycles. The molecule has 1 heterocycles. The number of carbonyl (C=O) groups excluding carboxylic acids is 1. The highest BCUT2D eigenvalue weighted by Crippen LogP contribution is 2.17. The van der Waals surface area contributed by atoms with E-state index < -0.39 is 11.9 Å². The summed E-state index contributed by atoms with van der Waals surface area (Å²) in [7, 11) is 0. The molecule has 0 bridgehead atoms. The molecule has 2 rings (SSSR count). The van der Waals surface area contributed by atoms with Gasteiger partial charge in [-0.25, -0.2) is 14.8 Å². The fourth-order valence-corrected chi connectivity index (χ4v) is 1.80. The maximum absolute atomic E-state index is 12.0. The van der Waals surface area contributed by atoms with E-state index in [2.05, 4.69) is 29.1 Å². The van der Waals surface area contributed by atoms with Crippen LogP contribution in [0.4, 0.5) is 5.69 Å². The zero-order chi connectivity index (χ0) is 17.5. The Morgan fingerprint density at radius 1 is 1.12 bits per heavy atom. The molecule has 0 spiro atoms. The van der Waals surface area contributed by atoms with Gasteiger partial charge in [-0.2, -0.15) is 0 Å². The lowest BCUT2D eigenvalue weighted by molar-refractivity contribution is 0.0689. The van der Waals surface area contributed by atoms with Crippen LogP contribution in [-0.4, -0.2) is 33.6 Å². The van der Waals surface area contributed by atoms with Gasteiger partial charge in [-0.1, -0.05) is 13.8 Å². The largest absolute Gasteiger partial charge is 0.494 e. The summed E-state index contributed by atoms with van der Waals surface area (Å²) >= 11 is 0. The van der Waals surface area contributed by atoms with Crippen LogP contribution in [0.15, 0.2) is 36.7 Å². The molecular weight excluding hydrogens is 310 g/mol. The van der Waals surface area contributed by atoms with Gasteiger partial charge in [-0.05, 0) is 36.6 Å². The van der Waals surface area contributed by atoms with Crippen LogP contribution in [0.5, 0.6) is 5.75 Å². The maximum atomic E-state index is 12.0. The molecule has 0 aliphatic heterocycles. The van der Waals surface area contributed by atoms with Crippen molar-refractivity contribution < 1.29 is 19.4 Å². The Morgan fingerprint density at radius 3 is 2.29 bits per heavy atom. The van der Waals surface area contributed by atoms with Crippen molar-refractivity contribution in [1.29, 1.82) is 0 Å². The van der Waals surface area contributed by atoms with Crippen LogP contribution in [0.1, 0.15) is 41.2 Å². The number of carbonyl (C=O) groups is 2. The summed E-state index contributed by atoms with van der Waals surface area (Å²) in [6.45, 7) is 4.91. The van der Waals surface area contributed by atoms with Crippen molar-refractivity contribution in [2.24, 2.45) is 5.92 Å². The van der Waals surface area contributed by atoms with Crippen LogP contribution in [0.2, 0.25) is 0 Å². The molecule has 24 heavy (non-hydrogen) atoms. The van der Waals surface area contributed by atoms with Crippen molar-refractivity contribution in [2.45, 2.75) is 20.3 Å². The number of benzene rings is 1. The molecule has 0 saturated carbocycles. The Morgan fingerprint density at radius 2 is 1.75 bits per heavy atom. The third-order valence-corrected chi connectivity index (χ3v) is 3.18. The van der Waals surface area contributed by atoms with Crippen molar-refractivity contribution in [1.82, 2.24) is 9.97 Å². The second kappa shape index (κ2) is 8.05. The molecule has 0 fully saturated rings. The fourth-order valence-electron chi connectivity index (χ4n) is 1.80. The third kappa shape index (κ3) is 5.05. The van der Waals surface area contributed by atoms with Crippen molar-refractivity contribution in [3.8, 4) is 5.75 Å². The highest BCUT2D eigenvalue weighted by molar-refractivity contribution is 6.02. The second-order valence-electron chi connectivity index (χ2n) is 5.60. The summed E-state index contributed by atoms with van der Waals surface area (Å²) in [6.07, 6.45) is 3.15. The van der Waals surface area contributed by atoms with Crippen LogP contribution in [0.3, 0.4) is 0 Å². The molecule has 0 saturated heterocycles. The number of nitrogens with one attached hydrogen (secondary N) is 1. The molecule has 1 aromatic heterocycles. The zero-order valence-corrected chi connectivity index (χ0v) is 13.5. The monoisotopic (exact) mass is 329 g/mol. The topological polar surface area (TPSA) is 101 Å². The van der Waals surface area contributed by atoms with Gasteiger partial charge in [0.05, 0.1) is 19.0 Å². The molecule has 7 heteroatoms. The minimum Gasteiger partial charge on any atom is -0.494 e. The van der Waals surface area contributed by atoms with E-state index in [0.29, 0.717) is 18.2 Å². The van der Waals surface area contributed by atoms with E-state index in [0.717, 1.165) is 24.6 Å².